The highest BCUT2D eigenvalue weighted by molar-refractivity contribution is 5.88. The first-order chi connectivity index (χ1) is 12.6. The van der Waals surface area contributed by atoms with Crippen LogP contribution in [0.2, 0.25) is 0 Å². The van der Waals surface area contributed by atoms with Crippen molar-refractivity contribution >= 4 is 34.1 Å². The third-order valence-electron chi connectivity index (χ3n) is 4.62. The quantitative estimate of drug-likeness (QED) is 0.584. The number of rotatable bonds is 4. The van der Waals surface area contributed by atoms with Crippen LogP contribution in [0.5, 0.6) is 11.5 Å². The van der Waals surface area contributed by atoms with Crippen molar-refractivity contribution in [2.75, 3.05) is 14.2 Å². The highest BCUT2D eigenvalue weighted by Gasteiger charge is 2.15. The summed E-state index contributed by atoms with van der Waals surface area (Å²) in [7, 11) is 4.80. The lowest BCUT2D eigenvalue weighted by molar-refractivity contribution is 0.355. The molecule has 0 aliphatic carbocycles. The molecule has 0 amide bonds. The Hall–Kier alpha value is -2.99. The number of aromatic nitrogens is 3. The van der Waals surface area contributed by atoms with E-state index in [1.807, 2.05) is 18.3 Å². The molecule has 0 saturated carbocycles. The number of nitrogens with one attached hydrogen (secondary N) is 1. The normalized spacial score (nSPS) is 10.8. The van der Waals surface area contributed by atoms with Crippen molar-refractivity contribution in [1.29, 1.82) is 0 Å². The van der Waals surface area contributed by atoms with Crippen molar-refractivity contribution in [1.82, 2.24) is 14.8 Å². The van der Waals surface area contributed by atoms with Crippen molar-refractivity contribution < 1.29 is 9.47 Å². The first kappa shape index (κ1) is 18.8. The molecule has 0 unspecified atom stereocenters. The van der Waals surface area contributed by atoms with Gasteiger partial charge in [-0.25, -0.2) is 4.68 Å². The number of hydrogen-bond donors (Lipinski definition) is 1. The van der Waals surface area contributed by atoms with Crippen LogP contribution in [0.1, 0.15) is 11.3 Å². The predicted octanol–water partition coefficient (Wildman–Crippen LogP) is 3.44. The first-order valence-electron chi connectivity index (χ1n) is 8.28. The summed E-state index contributed by atoms with van der Waals surface area (Å²) in [6.07, 6.45) is 2.53. The van der Waals surface area contributed by atoms with E-state index in [1.165, 1.54) is 4.68 Å². The summed E-state index contributed by atoms with van der Waals surface area (Å²) in [5.41, 5.74) is 2.88. The summed E-state index contributed by atoms with van der Waals surface area (Å²) in [6.45, 7) is 0. The van der Waals surface area contributed by atoms with E-state index in [1.54, 1.807) is 27.3 Å². The Morgan fingerprint density at radius 1 is 1.04 bits per heavy atom. The second kappa shape index (κ2) is 7.32. The fourth-order valence-electron chi connectivity index (χ4n) is 3.29. The SMILES string of the molecule is COc1cc2c(Cc3ccc4[nH]ccc4c3)nn(C)c(=O)c2cc1OC.Cl. The molecule has 4 aromatic rings. The van der Waals surface area contributed by atoms with Crippen LogP contribution in [0, 0.1) is 0 Å². The van der Waals surface area contributed by atoms with Gasteiger partial charge in [0.15, 0.2) is 11.5 Å². The highest BCUT2D eigenvalue weighted by Crippen LogP contribution is 2.32. The van der Waals surface area contributed by atoms with Gasteiger partial charge in [-0.3, -0.25) is 4.79 Å². The minimum atomic E-state index is -0.161. The molecule has 4 rings (SSSR count). The molecule has 0 radical (unpaired) electrons. The zero-order valence-electron chi connectivity index (χ0n) is 15.3. The van der Waals surface area contributed by atoms with Crippen LogP contribution in [-0.2, 0) is 13.5 Å². The van der Waals surface area contributed by atoms with E-state index in [2.05, 4.69) is 28.3 Å². The van der Waals surface area contributed by atoms with Crippen LogP contribution in [0.3, 0.4) is 0 Å². The van der Waals surface area contributed by atoms with Gasteiger partial charge >= 0.3 is 0 Å². The molecule has 2 heterocycles. The zero-order valence-corrected chi connectivity index (χ0v) is 16.1. The average molecular weight is 386 g/mol. The van der Waals surface area contributed by atoms with Gasteiger partial charge < -0.3 is 14.5 Å². The fourth-order valence-corrected chi connectivity index (χ4v) is 3.29. The summed E-state index contributed by atoms with van der Waals surface area (Å²) in [5.74, 6) is 1.11. The summed E-state index contributed by atoms with van der Waals surface area (Å²) in [5, 5.41) is 6.99. The van der Waals surface area contributed by atoms with Crippen LogP contribution in [0.15, 0.2) is 47.4 Å². The molecule has 1 N–H and O–H groups in total. The van der Waals surface area contributed by atoms with Gasteiger partial charge in [0.25, 0.3) is 5.56 Å². The molecule has 7 heteroatoms. The standard InChI is InChI=1S/C20H19N3O3.ClH/c1-23-20(24)15-11-19(26-3)18(25-2)10-14(15)17(22-23)9-12-4-5-16-13(8-12)6-7-21-16;/h4-8,10-11,21H,9H2,1-3H3;1H. The highest BCUT2D eigenvalue weighted by atomic mass is 35.5. The Kier molecular flexibility index (Phi) is 5.10. The van der Waals surface area contributed by atoms with E-state index in [9.17, 15) is 4.79 Å². The number of ether oxygens (including phenoxy) is 2. The molecule has 2 aromatic carbocycles. The fraction of sp³-hybridized carbons (Fsp3) is 0.200. The number of hydrogen-bond acceptors (Lipinski definition) is 4. The van der Waals surface area contributed by atoms with E-state index in [4.69, 9.17) is 9.47 Å². The molecule has 140 valence electrons. The van der Waals surface area contributed by atoms with Crippen molar-refractivity contribution in [2.24, 2.45) is 7.05 Å². The molecule has 0 bridgehead atoms. The van der Waals surface area contributed by atoms with Crippen LogP contribution >= 0.6 is 12.4 Å². The lowest BCUT2D eigenvalue weighted by Crippen LogP contribution is -2.21. The first-order valence-corrected chi connectivity index (χ1v) is 8.28. The van der Waals surface area contributed by atoms with Gasteiger partial charge in [0, 0.05) is 30.6 Å². The maximum Gasteiger partial charge on any atom is 0.274 e. The molecule has 0 aliphatic rings. The zero-order chi connectivity index (χ0) is 18.3. The average Bonchev–Trinajstić information content (AvgIpc) is 3.12. The molecule has 0 saturated heterocycles. The van der Waals surface area contributed by atoms with Crippen molar-refractivity contribution in [3.8, 4) is 11.5 Å². The third-order valence-corrected chi connectivity index (χ3v) is 4.62. The van der Waals surface area contributed by atoms with Gasteiger partial charge in [-0.2, -0.15) is 5.10 Å². The number of halogens is 1. The molecule has 0 fully saturated rings. The van der Waals surface area contributed by atoms with Gasteiger partial charge in [0.05, 0.1) is 25.3 Å². The number of nitrogens with zero attached hydrogens (tertiary/aromatic N) is 2. The molecule has 2 aromatic heterocycles. The molecule has 0 spiro atoms. The third kappa shape index (κ3) is 3.24. The predicted molar refractivity (Wildman–Crippen MR) is 108 cm³/mol. The summed E-state index contributed by atoms with van der Waals surface area (Å²) in [6, 6.07) is 11.8. The van der Waals surface area contributed by atoms with E-state index >= 15 is 0 Å². The Labute approximate surface area is 162 Å². The lowest BCUT2D eigenvalue weighted by atomic mass is 10.0. The van der Waals surface area contributed by atoms with Gasteiger partial charge in [0.2, 0.25) is 0 Å². The van der Waals surface area contributed by atoms with E-state index in [-0.39, 0.29) is 18.0 Å². The smallest absolute Gasteiger partial charge is 0.274 e. The van der Waals surface area contributed by atoms with Gasteiger partial charge in [-0.15, -0.1) is 12.4 Å². The number of H-pyrrole nitrogens is 1. The Morgan fingerprint density at radius 2 is 1.74 bits per heavy atom. The summed E-state index contributed by atoms with van der Waals surface area (Å²) in [4.78, 5) is 15.7. The molecule has 0 atom stereocenters. The van der Waals surface area contributed by atoms with Crippen LogP contribution in [0.4, 0.5) is 0 Å². The number of benzene rings is 2. The minimum Gasteiger partial charge on any atom is -0.493 e. The Balaban J connectivity index is 0.00000210. The maximum absolute atomic E-state index is 12.5. The lowest BCUT2D eigenvalue weighted by Gasteiger charge is -2.12. The van der Waals surface area contributed by atoms with E-state index < -0.39 is 0 Å². The van der Waals surface area contributed by atoms with Crippen LogP contribution in [-0.4, -0.2) is 29.0 Å². The van der Waals surface area contributed by atoms with Crippen molar-refractivity contribution in [2.45, 2.75) is 6.42 Å². The maximum atomic E-state index is 12.5. The molecule has 6 nitrogen and oxygen atoms in total. The van der Waals surface area contributed by atoms with E-state index in [0.717, 1.165) is 27.5 Å². The number of aromatic amines is 1. The molecule has 27 heavy (non-hydrogen) atoms. The van der Waals surface area contributed by atoms with Crippen LogP contribution < -0.4 is 15.0 Å². The Morgan fingerprint density at radius 3 is 2.44 bits per heavy atom. The summed E-state index contributed by atoms with van der Waals surface area (Å²) >= 11 is 0. The van der Waals surface area contributed by atoms with Crippen molar-refractivity contribution in [3.05, 3.63) is 64.2 Å². The second-order valence-corrected chi connectivity index (χ2v) is 6.20. The number of fused-ring (bicyclic) bond motifs is 2. The molecule has 0 aliphatic heterocycles. The van der Waals surface area contributed by atoms with Gasteiger partial charge in [-0.1, -0.05) is 6.07 Å². The van der Waals surface area contributed by atoms with E-state index in [0.29, 0.717) is 23.3 Å². The monoisotopic (exact) mass is 385 g/mol. The molecular formula is C20H20ClN3O3. The number of aryl methyl sites for hydroxylation is 1. The minimum absolute atomic E-state index is 0. The van der Waals surface area contributed by atoms with Crippen molar-refractivity contribution in [3.63, 3.8) is 0 Å². The summed E-state index contributed by atoms with van der Waals surface area (Å²) < 4.78 is 12.1. The van der Waals surface area contributed by atoms with Gasteiger partial charge in [0.1, 0.15) is 0 Å². The number of methoxy groups -OCH3 is 2. The Bertz CT molecular complexity index is 1180. The largest absolute Gasteiger partial charge is 0.493 e. The second-order valence-electron chi connectivity index (χ2n) is 6.20. The topological polar surface area (TPSA) is 69.1 Å². The molecular weight excluding hydrogens is 366 g/mol. The van der Waals surface area contributed by atoms with Crippen LogP contribution in [0.25, 0.3) is 21.7 Å². The van der Waals surface area contributed by atoms with Gasteiger partial charge in [-0.05, 0) is 41.3 Å².